The summed E-state index contributed by atoms with van der Waals surface area (Å²) in [5, 5.41) is 5.16. The van der Waals surface area contributed by atoms with E-state index in [1.807, 2.05) is 0 Å². The molecule has 12 heteroatoms. The zero-order valence-electron chi connectivity index (χ0n) is 17.6. The number of halogens is 3. The zero-order valence-corrected chi connectivity index (χ0v) is 18.4. The predicted octanol–water partition coefficient (Wildman–Crippen LogP) is 2.98. The van der Waals surface area contributed by atoms with E-state index in [2.05, 4.69) is 15.4 Å². The lowest BCUT2D eigenvalue weighted by molar-refractivity contribution is -0.274. The second-order valence-corrected chi connectivity index (χ2v) is 8.61. The molecule has 0 saturated carbocycles. The molecule has 0 spiro atoms. The van der Waals surface area contributed by atoms with Crippen molar-refractivity contribution in [3.8, 4) is 5.75 Å². The molecule has 2 aromatic rings. The maximum absolute atomic E-state index is 13.0. The minimum absolute atomic E-state index is 0.160. The highest BCUT2D eigenvalue weighted by molar-refractivity contribution is 7.14. The summed E-state index contributed by atoms with van der Waals surface area (Å²) >= 11 is 1.20. The number of thiophene rings is 1. The molecule has 2 heterocycles. The monoisotopic (exact) mass is 483 g/mol. The molecule has 1 aliphatic heterocycles. The van der Waals surface area contributed by atoms with E-state index < -0.39 is 41.9 Å². The van der Waals surface area contributed by atoms with E-state index in [0.29, 0.717) is 17.8 Å². The van der Waals surface area contributed by atoms with Crippen LogP contribution in [0.1, 0.15) is 34.0 Å². The molecule has 0 radical (unpaired) electrons. The van der Waals surface area contributed by atoms with Crippen LogP contribution in [0.4, 0.5) is 18.0 Å². The largest absolute Gasteiger partial charge is 0.573 e. The second kappa shape index (κ2) is 9.22. The van der Waals surface area contributed by atoms with Crippen LogP contribution in [0, 0.1) is 0 Å². The van der Waals surface area contributed by atoms with Crippen molar-refractivity contribution in [3.63, 3.8) is 0 Å². The fourth-order valence-electron chi connectivity index (χ4n) is 3.27. The van der Waals surface area contributed by atoms with E-state index in [0.717, 1.165) is 21.9 Å². The van der Waals surface area contributed by atoms with Crippen molar-refractivity contribution in [2.45, 2.75) is 32.2 Å². The van der Waals surface area contributed by atoms with Crippen LogP contribution in [0.5, 0.6) is 5.75 Å². The summed E-state index contributed by atoms with van der Waals surface area (Å²) < 4.78 is 40.9. The molecule has 1 aromatic heterocycles. The number of hydrogen-bond donors (Lipinski definition) is 2. The van der Waals surface area contributed by atoms with Crippen molar-refractivity contribution in [2.75, 3.05) is 13.1 Å². The summed E-state index contributed by atoms with van der Waals surface area (Å²) in [6, 6.07) is 7.10. The molecule has 33 heavy (non-hydrogen) atoms. The normalized spacial score (nSPS) is 18.3. The number of hydrogen-bond acceptors (Lipinski definition) is 6. The minimum Gasteiger partial charge on any atom is -0.406 e. The number of urea groups is 1. The predicted molar refractivity (Wildman–Crippen MR) is 112 cm³/mol. The fraction of sp³-hybridized carbons (Fsp3) is 0.333. The summed E-state index contributed by atoms with van der Waals surface area (Å²) in [6.45, 7) is 2.74. The number of carbonyl (C=O) groups excluding carboxylic acids is 4. The Morgan fingerprint density at radius 3 is 2.42 bits per heavy atom. The van der Waals surface area contributed by atoms with Gasteiger partial charge in [-0.3, -0.25) is 19.3 Å². The molecule has 3 rings (SSSR count). The molecule has 1 fully saturated rings. The molecule has 1 unspecified atom stereocenters. The van der Waals surface area contributed by atoms with Crippen LogP contribution in [-0.2, 0) is 21.5 Å². The number of carbonyl (C=O) groups is 4. The number of alkyl halides is 3. The highest BCUT2D eigenvalue weighted by Gasteiger charge is 2.49. The molecule has 1 aromatic carbocycles. The van der Waals surface area contributed by atoms with Gasteiger partial charge in [-0.05, 0) is 43.2 Å². The van der Waals surface area contributed by atoms with Crippen molar-refractivity contribution in [3.05, 3.63) is 51.7 Å². The SMILES string of the molecule is CC(=O)NCCc1ccc(C(=O)CN2C(=O)NC(C)(c3ccc(OC(F)(F)F)cc3)C2=O)s1. The molecule has 176 valence electrons. The first-order chi connectivity index (χ1) is 15.4. The van der Waals surface area contributed by atoms with Crippen molar-refractivity contribution in [1.82, 2.24) is 15.5 Å². The summed E-state index contributed by atoms with van der Waals surface area (Å²) in [5.41, 5.74) is -1.31. The second-order valence-electron chi connectivity index (χ2n) is 7.44. The van der Waals surface area contributed by atoms with E-state index in [1.165, 1.54) is 37.3 Å². The Morgan fingerprint density at radius 1 is 1.15 bits per heavy atom. The first kappa shape index (κ1) is 24.2. The van der Waals surface area contributed by atoms with Crippen LogP contribution in [0.25, 0.3) is 0 Å². The summed E-state index contributed by atoms with van der Waals surface area (Å²) in [6.07, 6.45) is -4.32. The van der Waals surface area contributed by atoms with Crippen molar-refractivity contribution >= 4 is 35.0 Å². The van der Waals surface area contributed by atoms with E-state index in [1.54, 1.807) is 12.1 Å². The van der Waals surface area contributed by atoms with Crippen LogP contribution in [0.3, 0.4) is 0 Å². The molecule has 2 N–H and O–H groups in total. The van der Waals surface area contributed by atoms with Gasteiger partial charge in [-0.25, -0.2) is 4.79 Å². The quantitative estimate of drug-likeness (QED) is 0.444. The summed E-state index contributed by atoms with van der Waals surface area (Å²) in [5.74, 6) is -1.77. The molecule has 0 aliphatic carbocycles. The Bertz CT molecular complexity index is 1080. The maximum Gasteiger partial charge on any atom is 0.573 e. The summed E-state index contributed by atoms with van der Waals surface area (Å²) in [4.78, 5) is 51.0. The topological polar surface area (TPSA) is 105 Å². The fourth-order valence-corrected chi connectivity index (χ4v) is 4.21. The number of ketones is 1. The Labute approximate surface area is 190 Å². The molecule has 4 amide bonds. The number of ether oxygens (including phenoxy) is 1. The standard InChI is InChI=1S/C21H20F3N3O5S/c1-12(28)25-10-9-15-7-8-17(33-15)16(29)11-27-18(30)20(2,26-19(27)31)13-3-5-14(6-4-13)32-21(22,23)24/h3-8H,9-11H2,1-2H3,(H,25,28)(H,26,31). The van der Waals surface area contributed by atoms with Gasteiger partial charge in [-0.1, -0.05) is 12.1 Å². The Hall–Kier alpha value is -3.41. The average molecular weight is 483 g/mol. The van der Waals surface area contributed by atoms with E-state index in [9.17, 15) is 32.3 Å². The van der Waals surface area contributed by atoms with Crippen LogP contribution in [-0.4, -0.2) is 48.0 Å². The van der Waals surface area contributed by atoms with Crippen LogP contribution in [0.2, 0.25) is 0 Å². The molecule has 1 atom stereocenters. The number of amides is 4. The van der Waals surface area contributed by atoms with Gasteiger partial charge in [0.1, 0.15) is 11.3 Å². The molecular weight excluding hydrogens is 463 g/mol. The first-order valence-corrected chi connectivity index (χ1v) is 10.6. The highest BCUT2D eigenvalue weighted by Crippen LogP contribution is 2.31. The third-order valence-electron chi connectivity index (χ3n) is 4.92. The van der Waals surface area contributed by atoms with Crippen molar-refractivity contribution < 1.29 is 37.1 Å². The number of nitrogens with zero attached hydrogens (tertiary/aromatic N) is 1. The zero-order chi connectivity index (χ0) is 24.4. The number of imide groups is 1. The summed E-state index contributed by atoms with van der Waals surface area (Å²) in [7, 11) is 0. The third kappa shape index (κ3) is 5.69. The van der Waals surface area contributed by atoms with Gasteiger partial charge in [-0.2, -0.15) is 0 Å². The van der Waals surface area contributed by atoms with Gasteiger partial charge in [0.05, 0.1) is 11.4 Å². The lowest BCUT2D eigenvalue weighted by Gasteiger charge is -2.22. The van der Waals surface area contributed by atoms with Gasteiger partial charge in [0.25, 0.3) is 5.91 Å². The van der Waals surface area contributed by atoms with E-state index in [-0.39, 0.29) is 11.5 Å². The van der Waals surface area contributed by atoms with Gasteiger partial charge in [-0.15, -0.1) is 24.5 Å². The van der Waals surface area contributed by atoms with E-state index in [4.69, 9.17) is 0 Å². The highest BCUT2D eigenvalue weighted by atomic mass is 32.1. The molecule has 1 saturated heterocycles. The van der Waals surface area contributed by atoms with Gasteiger partial charge >= 0.3 is 12.4 Å². The Balaban J connectivity index is 1.68. The van der Waals surface area contributed by atoms with Crippen LogP contribution in [0.15, 0.2) is 36.4 Å². The van der Waals surface area contributed by atoms with Crippen LogP contribution >= 0.6 is 11.3 Å². The average Bonchev–Trinajstić information content (AvgIpc) is 3.26. The van der Waals surface area contributed by atoms with Gasteiger partial charge in [0, 0.05) is 18.3 Å². The van der Waals surface area contributed by atoms with Gasteiger partial charge in [0.2, 0.25) is 5.91 Å². The lowest BCUT2D eigenvalue weighted by Crippen LogP contribution is -2.41. The van der Waals surface area contributed by atoms with Crippen LogP contribution < -0.4 is 15.4 Å². The molecule has 8 nitrogen and oxygen atoms in total. The molecule has 0 bridgehead atoms. The smallest absolute Gasteiger partial charge is 0.406 e. The maximum atomic E-state index is 13.0. The molecular formula is C21H20F3N3O5S. The van der Waals surface area contributed by atoms with Gasteiger partial charge < -0.3 is 15.4 Å². The van der Waals surface area contributed by atoms with E-state index >= 15 is 0 Å². The number of Topliss-reactive ketones (excluding diaryl/α,β-unsaturated/α-hetero) is 1. The number of nitrogens with one attached hydrogen (secondary N) is 2. The third-order valence-corrected chi connectivity index (χ3v) is 6.11. The minimum atomic E-state index is -4.86. The number of benzene rings is 1. The van der Waals surface area contributed by atoms with Crippen molar-refractivity contribution in [2.24, 2.45) is 0 Å². The molecule has 1 aliphatic rings. The Kier molecular flexibility index (Phi) is 6.77. The lowest BCUT2D eigenvalue weighted by atomic mass is 9.92. The first-order valence-electron chi connectivity index (χ1n) is 9.76. The number of rotatable bonds is 8. The van der Waals surface area contributed by atoms with Crippen molar-refractivity contribution in [1.29, 1.82) is 0 Å². The van der Waals surface area contributed by atoms with Gasteiger partial charge in [0.15, 0.2) is 5.78 Å². The Morgan fingerprint density at radius 2 is 1.82 bits per heavy atom.